The normalized spacial score (nSPS) is 11.1. The van der Waals surface area contributed by atoms with Crippen molar-refractivity contribution in [2.45, 2.75) is 64.7 Å². The van der Waals surface area contributed by atoms with Crippen LogP contribution in [0.25, 0.3) is 6.08 Å². The van der Waals surface area contributed by atoms with Crippen molar-refractivity contribution < 1.29 is 5.11 Å². The lowest BCUT2D eigenvalue weighted by Crippen LogP contribution is -1.91. The summed E-state index contributed by atoms with van der Waals surface area (Å²) in [7, 11) is 0. The maximum Gasteiger partial charge on any atom is 0.119 e. The summed E-state index contributed by atoms with van der Waals surface area (Å²) < 4.78 is 0. The predicted octanol–water partition coefficient (Wildman–Crippen LogP) is 7.51. The van der Waals surface area contributed by atoms with E-state index in [1.807, 2.05) is 54.6 Å². The Morgan fingerprint density at radius 1 is 0.889 bits per heavy atom. The van der Waals surface area contributed by atoms with Crippen LogP contribution in [0, 0.1) is 0 Å². The Bertz CT molecular complexity index is 718. The topological polar surface area (TPSA) is 20.2 Å². The van der Waals surface area contributed by atoms with Gasteiger partial charge in [-0.1, -0.05) is 113 Å². The summed E-state index contributed by atoms with van der Waals surface area (Å²) in [4.78, 5) is 0.804. The molecule has 0 heterocycles. The number of unbranched alkanes of at least 4 members (excludes halogenated alkanes) is 7. The Morgan fingerprint density at radius 2 is 1.56 bits per heavy atom. The third-order valence-corrected chi connectivity index (χ3v) is 5.27. The number of hydrogen-bond acceptors (Lipinski definition) is 2. The largest absolute Gasteiger partial charge is 0.508 e. The van der Waals surface area contributed by atoms with Gasteiger partial charge in [-0.15, -0.1) is 0 Å². The first-order chi connectivity index (χ1) is 13.2. The molecule has 2 aromatic rings. The first-order valence-corrected chi connectivity index (χ1v) is 10.7. The molecule has 0 saturated carbocycles. The minimum absolute atomic E-state index is 0.394. The SMILES string of the molecule is CCCCCCCCCCc1ccc(C=CC(=S)c2ccccc2)cc1O. The lowest BCUT2D eigenvalue weighted by molar-refractivity contribution is 0.465. The Labute approximate surface area is 170 Å². The van der Waals surface area contributed by atoms with Crippen molar-refractivity contribution in [3.63, 3.8) is 0 Å². The van der Waals surface area contributed by atoms with Crippen molar-refractivity contribution in [3.8, 4) is 5.75 Å². The van der Waals surface area contributed by atoms with Gasteiger partial charge >= 0.3 is 0 Å². The van der Waals surface area contributed by atoms with Crippen molar-refractivity contribution in [1.29, 1.82) is 0 Å². The quantitative estimate of drug-likeness (QED) is 0.178. The van der Waals surface area contributed by atoms with E-state index in [2.05, 4.69) is 13.0 Å². The summed E-state index contributed by atoms with van der Waals surface area (Å²) in [5.41, 5.74) is 3.06. The fourth-order valence-electron chi connectivity index (χ4n) is 3.22. The van der Waals surface area contributed by atoms with Gasteiger partial charge in [-0.25, -0.2) is 0 Å². The zero-order valence-electron chi connectivity index (χ0n) is 16.5. The van der Waals surface area contributed by atoms with Gasteiger partial charge in [-0.2, -0.15) is 0 Å². The van der Waals surface area contributed by atoms with E-state index in [0.29, 0.717) is 5.75 Å². The number of aryl methyl sites for hydroxylation is 1. The number of rotatable bonds is 12. The van der Waals surface area contributed by atoms with E-state index >= 15 is 0 Å². The molecule has 27 heavy (non-hydrogen) atoms. The number of aromatic hydroxyl groups is 1. The Balaban J connectivity index is 1.76. The monoisotopic (exact) mass is 380 g/mol. The molecule has 0 aliphatic rings. The van der Waals surface area contributed by atoms with Crippen LogP contribution < -0.4 is 0 Å². The highest BCUT2D eigenvalue weighted by atomic mass is 32.1. The fourth-order valence-corrected chi connectivity index (χ4v) is 3.42. The van der Waals surface area contributed by atoms with E-state index in [9.17, 15) is 5.11 Å². The van der Waals surface area contributed by atoms with Crippen molar-refractivity contribution in [3.05, 3.63) is 71.3 Å². The number of phenolic OH excluding ortho intramolecular Hbond substituents is 1. The average Bonchev–Trinajstić information content (AvgIpc) is 2.70. The number of hydrogen-bond donors (Lipinski definition) is 1. The molecular formula is C25H32OS. The van der Waals surface area contributed by atoms with Crippen LogP contribution in [-0.2, 0) is 6.42 Å². The van der Waals surface area contributed by atoms with Crippen LogP contribution in [0.15, 0.2) is 54.6 Å². The lowest BCUT2D eigenvalue weighted by atomic mass is 10.0. The highest BCUT2D eigenvalue weighted by Crippen LogP contribution is 2.22. The van der Waals surface area contributed by atoms with Crippen LogP contribution in [0.2, 0.25) is 0 Å². The third kappa shape index (κ3) is 8.09. The van der Waals surface area contributed by atoms with Crippen LogP contribution >= 0.6 is 12.2 Å². The molecule has 2 heteroatoms. The van der Waals surface area contributed by atoms with Crippen LogP contribution in [0.4, 0.5) is 0 Å². The second-order valence-corrected chi connectivity index (χ2v) is 7.62. The maximum atomic E-state index is 10.3. The molecule has 2 rings (SSSR count). The molecule has 0 unspecified atom stereocenters. The summed E-state index contributed by atoms with van der Waals surface area (Å²) >= 11 is 5.44. The number of allylic oxidation sites excluding steroid dienone is 1. The molecule has 0 atom stereocenters. The summed E-state index contributed by atoms with van der Waals surface area (Å²) in [5.74, 6) is 0.394. The lowest BCUT2D eigenvalue weighted by Gasteiger charge is -2.06. The number of phenols is 1. The Kier molecular flexibility index (Phi) is 9.86. The Hall–Kier alpha value is -1.93. The molecule has 1 nitrogen and oxygen atoms in total. The standard InChI is InChI=1S/C25H32OS/c1-2-3-4-5-6-7-8-10-13-22-18-16-21(20-24(22)26)17-19-25(27)23-14-11-9-12-15-23/h9,11-12,14-20,26H,2-8,10,13H2,1H3. The summed E-state index contributed by atoms with van der Waals surface area (Å²) in [5, 5.41) is 10.3. The smallest absolute Gasteiger partial charge is 0.119 e. The van der Waals surface area contributed by atoms with Gasteiger partial charge in [0.25, 0.3) is 0 Å². The van der Waals surface area contributed by atoms with Gasteiger partial charge in [0.05, 0.1) is 0 Å². The molecule has 0 aliphatic carbocycles. The van der Waals surface area contributed by atoms with Gasteiger partial charge < -0.3 is 5.11 Å². The summed E-state index contributed by atoms with van der Waals surface area (Å²) in [6, 6.07) is 15.9. The van der Waals surface area contributed by atoms with Crippen molar-refractivity contribution in [2.24, 2.45) is 0 Å². The van der Waals surface area contributed by atoms with Gasteiger partial charge in [-0.05, 0) is 41.7 Å². The van der Waals surface area contributed by atoms with Gasteiger partial charge in [0.15, 0.2) is 0 Å². The minimum Gasteiger partial charge on any atom is -0.508 e. The highest BCUT2D eigenvalue weighted by Gasteiger charge is 2.02. The molecule has 0 aromatic heterocycles. The molecule has 0 amide bonds. The van der Waals surface area contributed by atoms with Crippen LogP contribution in [0.1, 0.15) is 75.0 Å². The van der Waals surface area contributed by atoms with Crippen LogP contribution in [0.5, 0.6) is 5.75 Å². The van der Waals surface area contributed by atoms with Gasteiger partial charge in [0, 0.05) is 4.86 Å². The zero-order chi connectivity index (χ0) is 19.3. The molecule has 144 valence electrons. The minimum atomic E-state index is 0.394. The molecule has 2 aromatic carbocycles. The van der Waals surface area contributed by atoms with Gasteiger partial charge in [-0.3, -0.25) is 0 Å². The fraction of sp³-hybridized carbons (Fsp3) is 0.400. The van der Waals surface area contributed by atoms with Crippen molar-refractivity contribution >= 4 is 23.2 Å². The average molecular weight is 381 g/mol. The summed E-state index contributed by atoms with van der Waals surface area (Å²) in [6.07, 6.45) is 15.3. The first-order valence-electron chi connectivity index (χ1n) is 10.3. The maximum absolute atomic E-state index is 10.3. The molecule has 0 radical (unpaired) electrons. The zero-order valence-corrected chi connectivity index (χ0v) is 17.3. The second-order valence-electron chi connectivity index (χ2n) is 7.18. The second kappa shape index (κ2) is 12.5. The van der Waals surface area contributed by atoms with Crippen molar-refractivity contribution in [1.82, 2.24) is 0 Å². The van der Waals surface area contributed by atoms with E-state index in [-0.39, 0.29) is 0 Å². The van der Waals surface area contributed by atoms with E-state index in [1.165, 1.54) is 44.9 Å². The number of benzene rings is 2. The van der Waals surface area contributed by atoms with E-state index < -0.39 is 0 Å². The van der Waals surface area contributed by atoms with Crippen molar-refractivity contribution in [2.75, 3.05) is 0 Å². The molecule has 0 saturated heterocycles. The molecule has 0 fully saturated rings. The van der Waals surface area contributed by atoms with Gasteiger partial charge in [0.2, 0.25) is 0 Å². The molecule has 1 N–H and O–H groups in total. The predicted molar refractivity (Wildman–Crippen MR) is 122 cm³/mol. The van der Waals surface area contributed by atoms with E-state index in [4.69, 9.17) is 12.2 Å². The Morgan fingerprint density at radius 3 is 2.22 bits per heavy atom. The molecule has 0 bridgehead atoms. The number of thiocarbonyl (C=S) groups is 1. The van der Waals surface area contributed by atoms with E-state index in [1.54, 1.807) is 0 Å². The third-order valence-electron chi connectivity index (χ3n) is 4.89. The summed E-state index contributed by atoms with van der Waals surface area (Å²) in [6.45, 7) is 2.26. The molecule has 0 spiro atoms. The first kappa shape index (κ1) is 21.4. The van der Waals surface area contributed by atoms with Gasteiger partial charge in [0.1, 0.15) is 5.75 Å². The highest BCUT2D eigenvalue weighted by molar-refractivity contribution is 7.81. The van der Waals surface area contributed by atoms with Crippen LogP contribution in [-0.4, -0.2) is 9.97 Å². The van der Waals surface area contributed by atoms with E-state index in [0.717, 1.165) is 34.4 Å². The molecular weight excluding hydrogens is 348 g/mol. The van der Waals surface area contributed by atoms with Crippen LogP contribution in [0.3, 0.4) is 0 Å². The molecule has 0 aliphatic heterocycles.